The average Bonchev–Trinajstić information content (AvgIpc) is 3.41. The largest absolute Gasteiger partial charge is 0.424 e. The van der Waals surface area contributed by atoms with Gasteiger partial charge in [-0.2, -0.15) is 0 Å². The molecule has 1 fully saturated rings. The van der Waals surface area contributed by atoms with Crippen molar-refractivity contribution in [2.75, 3.05) is 0 Å². The van der Waals surface area contributed by atoms with E-state index in [0.29, 0.717) is 17.8 Å². The van der Waals surface area contributed by atoms with Gasteiger partial charge in [0.15, 0.2) is 11.0 Å². The van der Waals surface area contributed by atoms with Crippen molar-refractivity contribution >= 4 is 11.8 Å². The SMILES string of the molecule is Cc1nnc(C(C)Sc2nnc(-c3ccc(C(C)(C)C)cc3)n2C2CCCC2)o1. The lowest BCUT2D eigenvalue weighted by Gasteiger charge is -2.20. The fourth-order valence-electron chi connectivity index (χ4n) is 3.85. The van der Waals surface area contributed by atoms with Crippen LogP contribution in [0, 0.1) is 6.92 Å². The minimum atomic E-state index is 0.0247. The van der Waals surface area contributed by atoms with E-state index in [1.165, 1.54) is 31.2 Å². The Morgan fingerprint density at radius 3 is 2.31 bits per heavy atom. The van der Waals surface area contributed by atoms with Gasteiger partial charge >= 0.3 is 0 Å². The lowest BCUT2D eigenvalue weighted by molar-refractivity contribution is 0.466. The standard InChI is InChI=1S/C22H29N5OS/c1-14(20-25-23-15(2)28-20)29-21-26-24-19(27(21)18-8-6-7-9-18)16-10-12-17(13-11-16)22(3,4)5/h10-14,18H,6-9H2,1-5H3. The van der Waals surface area contributed by atoms with Crippen molar-refractivity contribution in [1.82, 2.24) is 25.0 Å². The normalized spacial score (nSPS) is 16.4. The van der Waals surface area contributed by atoms with Crippen LogP contribution in [0.1, 0.15) is 82.0 Å². The molecule has 29 heavy (non-hydrogen) atoms. The van der Waals surface area contributed by atoms with Crippen molar-refractivity contribution in [2.24, 2.45) is 0 Å². The Labute approximate surface area is 176 Å². The van der Waals surface area contributed by atoms with Gasteiger partial charge in [0.25, 0.3) is 0 Å². The molecule has 4 rings (SSSR count). The minimum Gasteiger partial charge on any atom is -0.424 e. The summed E-state index contributed by atoms with van der Waals surface area (Å²) in [5.74, 6) is 2.17. The van der Waals surface area contributed by atoms with Crippen LogP contribution in [0.4, 0.5) is 0 Å². The van der Waals surface area contributed by atoms with Gasteiger partial charge in [-0.1, -0.05) is 69.6 Å². The van der Waals surface area contributed by atoms with Crippen LogP contribution in [0.5, 0.6) is 0 Å². The third-order valence-electron chi connectivity index (χ3n) is 5.54. The van der Waals surface area contributed by atoms with E-state index in [1.54, 1.807) is 11.8 Å². The maximum atomic E-state index is 5.62. The van der Waals surface area contributed by atoms with Gasteiger partial charge in [0, 0.05) is 18.5 Å². The molecule has 0 radical (unpaired) electrons. The number of thioether (sulfide) groups is 1. The van der Waals surface area contributed by atoms with Crippen LogP contribution in [0.15, 0.2) is 33.8 Å². The molecule has 6 nitrogen and oxygen atoms in total. The second-order valence-corrected chi connectivity index (χ2v) is 10.2. The number of aryl methyl sites for hydroxylation is 1. The first-order valence-corrected chi connectivity index (χ1v) is 11.2. The fourth-order valence-corrected chi connectivity index (χ4v) is 4.80. The van der Waals surface area contributed by atoms with Gasteiger partial charge in [0.05, 0.1) is 5.25 Å². The lowest BCUT2D eigenvalue weighted by Crippen LogP contribution is -2.11. The van der Waals surface area contributed by atoms with Crippen LogP contribution in [0.2, 0.25) is 0 Å². The summed E-state index contributed by atoms with van der Waals surface area (Å²) in [7, 11) is 0. The number of benzene rings is 1. The van der Waals surface area contributed by atoms with Crippen molar-refractivity contribution in [3.05, 3.63) is 41.6 Å². The van der Waals surface area contributed by atoms with Gasteiger partial charge in [-0.05, 0) is 30.7 Å². The van der Waals surface area contributed by atoms with Gasteiger partial charge in [-0.25, -0.2) is 0 Å². The van der Waals surface area contributed by atoms with Crippen LogP contribution in [0.3, 0.4) is 0 Å². The van der Waals surface area contributed by atoms with Crippen LogP contribution in [0.25, 0.3) is 11.4 Å². The van der Waals surface area contributed by atoms with Crippen molar-refractivity contribution in [3.63, 3.8) is 0 Å². The second-order valence-electron chi connectivity index (χ2n) is 8.86. The summed E-state index contributed by atoms with van der Waals surface area (Å²) in [4.78, 5) is 0. The van der Waals surface area contributed by atoms with E-state index in [4.69, 9.17) is 4.42 Å². The van der Waals surface area contributed by atoms with Crippen LogP contribution >= 0.6 is 11.8 Å². The van der Waals surface area contributed by atoms with Gasteiger partial charge in [0.1, 0.15) is 0 Å². The third kappa shape index (κ3) is 4.25. The van der Waals surface area contributed by atoms with Crippen LogP contribution < -0.4 is 0 Å². The zero-order chi connectivity index (χ0) is 20.6. The summed E-state index contributed by atoms with van der Waals surface area (Å²) in [5, 5.41) is 18.2. The zero-order valence-corrected chi connectivity index (χ0v) is 18.7. The molecule has 1 aliphatic rings. The molecule has 0 aliphatic heterocycles. The fraction of sp³-hybridized carbons (Fsp3) is 0.545. The first kappa shape index (κ1) is 20.1. The van der Waals surface area contributed by atoms with Gasteiger partial charge in [0.2, 0.25) is 11.8 Å². The maximum absolute atomic E-state index is 5.62. The van der Waals surface area contributed by atoms with E-state index in [1.807, 2.05) is 6.92 Å². The van der Waals surface area contributed by atoms with E-state index in [9.17, 15) is 0 Å². The van der Waals surface area contributed by atoms with E-state index < -0.39 is 0 Å². The highest BCUT2D eigenvalue weighted by atomic mass is 32.2. The van der Waals surface area contributed by atoms with E-state index >= 15 is 0 Å². The summed E-state index contributed by atoms with van der Waals surface area (Å²) < 4.78 is 7.96. The van der Waals surface area contributed by atoms with Crippen LogP contribution in [-0.2, 0) is 5.41 Å². The van der Waals surface area contributed by atoms with E-state index in [0.717, 1.165) is 16.5 Å². The summed E-state index contributed by atoms with van der Waals surface area (Å²) in [6.45, 7) is 10.6. The van der Waals surface area contributed by atoms with Gasteiger partial charge in [-0.15, -0.1) is 20.4 Å². The topological polar surface area (TPSA) is 69.6 Å². The smallest absolute Gasteiger partial charge is 0.229 e. The zero-order valence-electron chi connectivity index (χ0n) is 17.8. The Morgan fingerprint density at radius 1 is 1.03 bits per heavy atom. The Hall–Kier alpha value is -2.15. The molecule has 0 saturated heterocycles. The number of aromatic nitrogens is 5. The summed E-state index contributed by atoms with van der Waals surface area (Å²) in [6, 6.07) is 9.21. The molecule has 154 valence electrons. The molecule has 1 saturated carbocycles. The van der Waals surface area contributed by atoms with Crippen molar-refractivity contribution in [2.45, 2.75) is 82.2 Å². The van der Waals surface area contributed by atoms with Gasteiger partial charge < -0.3 is 4.42 Å². The Morgan fingerprint density at radius 2 is 1.72 bits per heavy atom. The van der Waals surface area contributed by atoms with E-state index in [-0.39, 0.29) is 10.7 Å². The molecule has 0 amide bonds. The number of rotatable bonds is 5. The molecule has 7 heteroatoms. The highest BCUT2D eigenvalue weighted by molar-refractivity contribution is 7.99. The lowest BCUT2D eigenvalue weighted by atomic mass is 9.86. The number of hydrogen-bond acceptors (Lipinski definition) is 6. The molecule has 0 spiro atoms. The van der Waals surface area contributed by atoms with Crippen molar-refractivity contribution in [3.8, 4) is 11.4 Å². The monoisotopic (exact) mass is 411 g/mol. The van der Waals surface area contributed by atoms with E-state index in [2.05, 4.69) is 76.9 Å². The Balaban J connectivity index is 1.67. The molecule has 1 aliphatic carbocycles. The third-order valence-corrected chi connectivity index (χ3v) is 6.58. The predicted molar refractivity (Wildman–Crippen MR) is 115 cm³/mol. The summed E-state index contributed by atoms with van der Waals surface area (Å²) >= 11 is 1.64. The highest BCUT2D eigenvalue weighted by Crippen LogP contribution is 2.40. The number of hydrogen-bond donors (Lipinski definition) is 0. The number of nitrogens with zero attached hydrogens (tertiary/aromatic N) is 5. The molecule has 1 atom stereocenters. The van der Waals surface area contributed by atoms with Crippen molar-refractivity contribution < 1.29 is 4.42 Å². The summed E-state index contributed by atoms with van der Waals surface area (Å²) in [6.07, 6.45) is 4.86. The molecule has 3 aromatic rings. The molecule has 1 unspecified atom stereocenters. The van der Waals surface area contributed by atoms with Crippen molar-refractivity contribution in [1.29, 1.82) is 0 Å². The molecular formula is C22H29N5OS. The second kappa shape index (κ2) is 7.94. The van der Waals surface area contributed by atoms with Crippen LogP contribution in [-0.4, -0.2) is 25.0 Å². The van der Waals surface area contributed by atoms with Gasteiger partial charge in [-0.3, -0.25) is 4.57 Å². The first-order chi connectivity index (χ1) is 13.8. The highest BCUT2D eigenvalue weighted by Gasteiger charge is 2.27. The Kier molecular flexibility index (Phi) is 5.51. The minimum absolute atomic E-state index is 0.0247. The molecule has 1 aromatic carbocycles. The molecular weight excluding hydrogens is 382 g/mol. The Bertz CT molecular complexity index is 964. The average molecular weight is 412 g/mol. The predicted octanol–water partition coefficient (Wildman–Crippen LogP) is 5.90. The molecule has 2 aromatic heterocycles. The molecule has 0 bridgehead atoms. The molecule has 0 N–H and O–H groups in total. The summed E-state index contributed by atoms with van der Waals surface area (Å²) in [5.41, 5.74) is 2.57. The molecule has 2 heterocycles. The maximum Gasteiger partial charge on any atom is 0.229 e. The quantitative estimate of drug-likeness (QED) is 0.487. The first-order valence-electron chi connectivity index (χ1n) is 10.4.